The number of nitrogens with one attached hydrogen (secondary N) is 2. The molecule has 2 aromatic carbocycles. The average molecular weight is 393 g/mol. The molecule has 7 nitrogen and oxygen atoms in total. The Hall–Kier alpha value is -3.03. The molecule has 7 heteroatoms. The molecule has 0 spiro atoms. The number of amides is 1. The molecule has 0 saturated carbocycles. The van der Waals surface area contributed by atoms with Crippen LogP contribution in [0, 0.1) is 0 Å². The molecule has 1 amide bonds. The van der Waals surface area contributed by atoms with Crippen LogP contribution in [0.5, 0.6) is 0 Å². The molecule has 1 aromatic heterocycles. The van der Waals surface area contributed by atoms with Crippen molar-refractivity contribution in [2.75, 3.05) is 26.3 Å². The summed E-state index contributed by atoms with van der Waals surface area (Å²) in [6.07, 6.45) is 1.26. The monoisotopic (exact) mass is 393 g/mol. The molecule has 1 fully saturated rings. The lowest BCUT2D eigenvalue weighted by atomic mass is 10.1. The van der Waals surface area contributed by atoms with Gasteiger partial charge in [-0.15, -0.1) is 0 Å². The minimum absolute atomic E-state index is 0.0671. The Morgan fingerprint density at radius 1 is 1.07 bits per heavy atom. The molecule has 1 aliphatic heterocycles. The molecule has 29 heavy (non-hydrogen) atoms. The third-order valence-electron chi connectivity index (χ3n) is 5.29. The first-order valence-corrected chi connectivity index (χ1v) is 9.90. The second-order valence-corrected chi connectivity index (χ2v) is 7.27. The number of rotatable bonds is 6. The van der Waals surface area contributed by atoms with Crippen molar-refractivity contribution in [3.05, 3.63) is 76.1 Å². The first kappa shape index (κ1) is 19.3. The van der Waals surface area contributed by atoms with E-state index in [0.717, 1.165) is 38.4 Å². The zero-order valence-electron chi connectivity index (χ0n) is 16.3. The molecule has 1 aliphatic rings. The maximum Gasteiger partial charge on any atom is 0.242 e. The van der Waals surface area contributed by atoms with E-state index in [9.17, 15) is 9.59 Å². The molecule has 2 heterocycles. The number of para-hydroxylation sites is 1. The number of morpholine rings is 1. The van der Waals surface area contributed by atoms with Gasteiger partial charge in [0.1, 0.15) is 26.2 Å². The van der Waals surface area contributed by atoms with Crippen LogP contribution in [0.2, 0.25) is 0 Å². The number of hydrogen-bond acceptors (Lipinski definition) is 4. The standard InChI is InChI=1S/C22H24N4O3/c27-21-14-24-26(20-8-4-3-7-19(20)21)16-22(28)23-13-17-5-1-2-6-18(17)15-25-9-11-29-12-10-25/h1-8,14H,9-13,15-16H2,(H,23,28)/p+1. The van der Waals surface area contributed by atoms with Gasteiger partial charge in [-0.1, -0.05) is 36.4 Å². The topological polar surface area (TPSA) is 77.7 Å². The average Bonchev–Trinajstić information content (AvgIpc) is 2.76. The van der Waals surface area contributed by atoms with Crippen LogP contribution < -0.4 is 15.6 Å². The van der Waals surface area contributed by atoms with Gasteiger partial charge >= 0.3 is 0 Å². The Kier molecular flexibility index (Phi) is 5.97. The summed E-state index contributed by atoms with van der Waals surface area (Å²) in [4.78, 5) is 26.0. The summed E-state index contributed by atoms with van der Waals surface area (Å²) < 4.78 is 7.00. The van der Waals surface area contributed by atoms with E-state index in [1.54, 1.807) is 16.8 Å². The van der Waals surface area contributed by atoms with Crippen LogP contribution in [0.3, 0.4) is 0 Å². The molecule has 150 valence electrons. The van der Waals surface area contributed by atoms with Crippen molar-refractivity contribution >= 4 is 16.8 Å². The highest BCUT2D eigenvalue weighted by atomic mass is 16.5. The number of ether oxygens (including phenoxy) is 1. The highest BCUT2D eigenvalue weighted by Gasteiger charge is 2.16. The van der Waals surface area contributed by atoms with Gasteiger partial charge in [-0.25, -0.2) is 0 Å². The largest absolute Gasteiger partial charge is 0.370 e. The summed E-state index contributed by atoms with van der Waals surface area (Å²) in [6.45, 7) is 5.08. The zero-order chi connectivity index (χ0) is 20.1. The normalized spacial score (nSPS) is 14.8. The number of nitrogens with zero attached hydrogens (tertiary/aromatic N) is 2. The molecule has 1 saturated heterocycles. The van der Waals surface area contributed by atoms with E-state index >= 15 is 0 Å². The van der Waals surface area contributed by atoms with E-state index in [0.29, 0.717) is 17.4 Å². The zero-order valence-corrected chi connectivity index (χ0v) is 16.3. The van der Waals surface area contributed by atoms with Crippen LogP contribution in [0.4, 0.5) is 0 Å². The first-order valence-electron chi connectivity index (χ1n) is 9.90. The minimum Gasteiger partial charge on any atom is -0.370 e. The van der Waals surface area contributed by atoms with Gasteiger partial charge in [-0.05, 0) is 17.7 Å². The molecule has 0 atom stereocenters. The number of benzene rings is 2. The highest BCUT2D eigenvalue weighted by molar-refractivity contribution is 5.81. The third kappa shape index (κ3) is 4.70. The highest BCUT2D eigenvalue weighted by Crippen LogP contribution is 2.09. The van der Waals surface area contributed by atoms with Crippen LogP contribution in [0.1, 0.15) is 11.1 Å². The first-order chi connectivity index (χ1) is 14.2. The van der Waals surface area contributed by atoms with E-state index in [-0.39, 0.29) is 17.9 Å². The number of carbonyl (C=O) groups is 1. The number of carbonyl (C=O) groups excluding carboxylic acids is 1. The second kappa shape index (κ2) is 8.98. The molecule has 2 N–H and O–H groups in total. The summed E-state index contributed by atoms with van der Waals surface area (Å²) in [5, 5.41) is 7.68. The van der Waals surface area contributed by atoms with Crippen LogP contribution in [-0.2, 0) is 29.2 Å². The summed E-state index contributed by atoms with van der Waals surface area (Å²) in [6, 6.07) is 15.4. The van der Waals surface area contributed by atoms with Gasteiger partial charge < -0.3 is 15.0 Å². The van der Waals surface area contributed by atoms with Crippen molar-refractivity contribution in [1.82, 2.24) is 15.1 Å². The fourth-order valence-electron chi connectivity index (χ4n) is 3.68. The molecule has 0 bridgehead atoms. The smallest absolute Gasteiger partial charge is 0.242 e. The van der Waals surface area contributed by atoms with Gasteiger partial charge in [-0.2, -0.15) is 5.10 Å². The quantitative estimate of drug-likeness (QED) is 0.624. The van der Waals surface area contributed by atoms with E-state index in [1.165, 1.54) is 16.7 Å². The lowest BCUT2D eigenvalue weighted by Gasteiger charge is -2.24. The van der Waals surface area contributed by atoms with Gasteiger partial charge in [0.25, 0.3) is 0 Å². The summed E-state index contributed by atoms with van der Waals surface area (Å²) in [7, 11) is 0. The van der Waals surface area contributed by atoms with Gasteiger partial charge in [-0.3, -0.25) is 14.3 Å². The Labute approximate surface area is 168 Å². The number of hydrogen-bond donors (Lipinski definition) is 2. The van der Waals surface area contributed by atoms with Gasteiger partial charge in [0.05, 0.1) is 24.9 Å². The van der Waals surface area contributed by atoms with E-state index < -0.39 is 0 Å². The SMILES string of the molecule is O=C(Cn1ncc(=O)c2ccccc21)NCc1ccccc1C[NH+]1CCOCC1. The van der Waals surface area contributed by atoms with Crippen molar-refractivity contribution in [3.8, 4) is 0 Å². The van der Waals surface area contributed by atoms with Crippen molar-refractivity contribution in [2.24, 2.45) is 0 Å². The second-order valence-electron chi connectivity index (χ2n) is 7.27. The number of aromatic nitrogens is 2. The lowest BCUT2D eigenvalue weighted by Crippen LogP contribution is -3.12. The van der Waals surface area contributed by atoms with Crippen LogP contribution in [-0.4, -0.2) is 42.0 Å². The van der Waals surface area contributed by atoms with Gasteiger partial charge in [0.15, 0.2) is 0 Å². The summed E-state index contributed by atoms with van der Waals surface area (Å²) in [5.41, 5.74) is 2.89. The van der Waals surface area contributed by atoms with Crippen molar-refractivity contribution in [2.45, 2.75) is 19.6 Å². The van der Waals surface area contributed by atoms with E-state index in [2.05, 4.69) is 22.5 Å². The molecule has 0 aliphatic carbocycles. The predicted molar refractivity (Wildman–Crippen MR) is 110 cm³/mol. The Morgan fingerprint density at radius 3 is 2.62 bits per heavy atom. The van der Waals surface area contributed by atoms with Crippen molar-refractivity contribution in [1.29, 1.82) is 0 Å². The maximum atomic E-state index is 12.5. The Balaban J connectivity index is 1.42. The van der Waals surface area contributed by atoms with Gasteiger partial charge in [0.2, 0.25) is 11.3 Å². The van der Waals surface area contributed by atoms with Gasteiger partial charge in [0, 0.05) is 17.5 Å². The molecular weight excluding hydrogens is 368 g/mol. The lowest BCUT2D eigenvalue weighted by molar-refractivity contribution is -0.921. The Bertz CT molecular complexity index is 1060. The van der Waals surface area contributed by atoms with E-state index in [1.807, 2.05) is 24.3 Å². The summed E-state index contributed by atoms with van der Waals surface area (Å²) >= 11 is 0. The minimum atomic E-state index is -0.142. The Morgan fingerprint density at radius 2 is 1.79 bits per heavy atom. The fourth-order valence-corrected chi connectivity index (χ4v) is 3.68. The molecule has 0 unspecified atom stereocenters. The molecule has 3 aromatic rings. The molecule has 4 rings (SSSR count). The predicted octanol–water partition coefficient (Wildman–Crippen LogP) is 0.128. The van der Waals surface area contributed by atoms with Crippen LogP contribution in [0.15, 0.2) is 59.5 Å². The van der Waals surface area contributed by atoms with E-state index in [4.69, 9.17) is 4.74 Å². The number of quaternary nitrogens is 1. The van der Waals surface area contributed by atoms with Crippen LogP contribution >= 0.6 is 0 Å². The molecular formula is C22H25N4O3+. The van der Waals surface area contributed by atoms with Crippen molar-refractivity contribution in [3.63, 3.8) is 0 Å². The molecule has 0 radical (unpaired) electrons. The third-order valence-corrected chi connectivity index (χ3v) is 5.29. The van der Waals surface area contributed by atoms with Crippen LogP contribution in [0.25, 0.3) is 10.9 Å². The van der Waals surface area contributed by atoms with Crippen molar-refractivity contribution < 1.29 is 14.4 Å². The maximum absolute atomic E-state index is 12.5. The fraction of sp³-hybridized carbons (Fsp3) is 0.318. The number of fused-ring (bicyclic) bond motifs is 1. The summed E-state index contributed by atoms with van der Waals surface area (Å²) in [5.74, 6) is -0.139.